The second-order valence-electron chi connectivity index (χ2n) is 5.67. The van der Waals surface area contributed by atoms with E-state index >= 15 is 0 Å². The Hall–Kier alpha value is -1.30. The van der Waals surface area contributed by atoms with Gasteiger partial charge in [0, 0.05) is 32.7 Å². The van der Waals surface area contributed by atoms with E-state index in [4.69, 9.17) is 0 Å². The fourth-order valence-electron chi connectivity index (χ4n) is 2.96. The zero-order valence-corrected chi connectivity index (χ0v) is 11.7. The van der Waals surface area contributed by atoms with Crippen LogP contribution in [0.4, 0.5) is 4.79 Å². The number of likely N-dealkylation sites (N-methyl/N-ethyl adjacent to an activating group) is 1. The highest BCUT2D eigenvalue weighted by atomic mass is 16.4. The van der Waals surface area contributed by atoms with Gasteiger partial charge in [-0.25, -0.2) is 9.59 Å². The maximum Gasteiger partial charge on any atom is 0.326 e. The maximum atomic E-state index is 12.5. The van der Waals surface area contributed by atoms with Gasteiger partial charge in [0.15, 0.2) is 0 Å². The predicted molar refractivity (Wildman–Crippen MR) is 71.0 cm³/mol. The van der Waals surface area contributed by atoms with Crippen molar-refractivity contribution in [2.45, 2.75) is 25.8 Å². The Morgan fingerprint density at radius 2 is 1.74 bits per heavy atom. The number of piperidine rings is 1. The first-order chi connectivity index (χ1) is 9.00. The van der Waals surface area contributed by atoms with Crippen LogP contribution in [0, 0.1) is 5.92 Å². The second kappa shape index (κ2) is 5.77. The van der Waals surface area contributed by atoms with Crippen LogP contribution in [0.1, 0.15) is 19.8 Å². The average Bonchev–Trinajstić information content (AvgIpc) is 2.38. The Kier molecular flexibility index (Phi) is 4.29. The van der Waals surface area contributed by atoms with Gasteiger partial charge in [-0.1, -0.05) is 6.92 Å². The molecule has 0 spiro atoms. The van der Waals surface area contributed by atoms with E-state index in [0.29, 0.717) is 19.6 Å². The third kappa shape index (κ3) is 3.00. The predicted octanol–water partition coefficient (Wildman–Crippen LogP) is 0.539. The van der Waals surface area contributed by atoms with Crippen LogP contribution in [0.25, 0.3) is 0 Å². The lowest BCUT2D eigenvalue weighted by Gasteiger charge is -2.42. The number of hydrogen-bond donors (Lipinski definition) is 1. The van der Waals surface area contributed by atoms with E-state index in [1.165, 1.54) is 0 Å². The Bertz CT molecular complexity index is 353. The van der Waals surface area contributed by atoms with E-state index < -0.39 is 12.0 Å². The molecule has 1 N–H and O–H groups in total. The number of urea groups is 1. The third-order valence-electron chi connectivity index (χ3n) is 4.21. The van der Waals surface area contributed by atoms with Crippen LogP contribution in [-0.2, 0) is 4.79 Å². The summed E-state index contributed by atoms with van der Waals surface area (Å²) in [7, 11) is 2.03. The molecule has 2 amide bonds. The molecule has 108 valence electrons. The number of likely N-dealkylation sites (tertiary alicyclic amines) is 1. The molecule has 2 saturated heterocycles. The van der Waals surface area contributed by atoms with Crippen LogP contribution >= 0.6 is 0 Å². The molecule has 0 aromatic rings. The van der Waals surface area contributed by atoms with E-state index in [-0.39, 0.29) is 11.9 Å². The van der Waals surface area contributed by atoms with Gasteiger partial charge >= 0.3 is 12.0 Å². The molecular weight excluding hydrogens is 246 g/mol. The van der Waals surface area contributed by atoms with Gasteiger partial charge in [-0.15, -0.1) is 0 Å². The molecule has 6 nitrogen and oxygen atoms in total. The fourth-order valence-corrected chi connectivity index (χ4v) is 2.96. The normalized spacial score (nSPS) is 29.4. The largest absolute Gasteiger partial charge is 0.480 e. The molecule has 2 fully saturated rings. The highest BCUT2D eigenvalue weighted by Gasteiger charge is 2.39. The first kappa shape index (κ1) is 14.1. The number of rotatable bonds is 1. The monoisotopic (exact) mass is 269 g/mol. The number of carbonyl (C=O) groups excluding carboxylic acids is 1. The summed E-state index contributed by atoms with van der Waals surface area (Å²) in [5, 5.41) is 9.35. The van der Waals surface area contributed by atoms with Crippen molar-refractivity contribution in [3.63, 3.8) is 0 Å². The lowest BCUT2D eigenvalue weighted by molar-refractivity contribution is -0.145. The summed E-state index contributed by atoms with van der Waals surface area (Å²) in [6, 6.07) is -0.770. The first-order valence-electron chi connectivity index (χ1n) is 6.97. The fraction of sp³-hybridized carbons (Fsp3) is 0.846. The molecule has 2 aliphatic rings. The van der Waals surface area contributed by atoms with Crippen LogP contribution in [0.15, 0.2) is 0 Å². The van der Waals surface area contributed by atoms with Crippen LogP contribution in [0.5, 0.6) is 0 Å². The van der Waals surface area contributed by atoms with Crippen molar-refractivity contribution < 1.29 is 14.7 Å². The maximum absolute atomic E-state index is 12.5. The van der Waals surface area contributed by atoms with Gasteiger partial charge in [0.1, 0.15) is 6.04 Å². The number of carboxylic acid groups (broad SMARTS) is 1. The lowest BCUT2D eigenvalue weighted by Crippen LogP contribution is -2.58. The van der Waals surface area contributed by atoms with E-state index in [1.807, 2.05) is 14.0 Å². The Morgan fingerprint density at radius 3 is 2.32 bits per heavy atom. The number of amides is 2. The molecule has 6 heteroatoms. The van der Waals surface area contributed by atoms with Crippen molar-refractivity contribution in [2.75, 3.05) is 39.8 Å². The summed E-state index contributed by atoms with van der Waals surface area (Å²) in [5.41, 5.74) is 0. The van der Waals surface area contributed by atoms with Gasteiger partial charge < -0.3 is 19.8 Å². The van der Waals surface area contributed by atoms with E-state index in [1.54, 1.807) is 9.80 Å². The van der Waals surface area contributed by atoms with E-state index in [0.717, 1.165) is 25.9 Å². The average molecular weight is 269 g/mol. The van der Waals surface area contributed by atoms with Crippen molar-refractivity contribution in [2.24, 2.45) is 5.92 Å². The number of hydrogen-bond acceptors (Lipinski definition) is 3. The topological polar surface area (TPSA) is 64.1 Å². The molecule has 2 heterocycles. The summed E-state index contributed by atoms with van der Waals surface area (Å²) in [4.78, 5) is 29.4. The van der Waals surface area contributed by atoms with Gasteiger partial charge in [-0.05, 0) is 25.8 Å². The summed E-state index contributed by atoms with van der Waals surface area (Å²) in [6.45, 7) is 5.56. The van der Waals surface area contributed by atoms with Gasteiger partial charge in [0.2, 0.25) is 0 Å². The highest BCUT2D eigenvalue weighted by Crippen LogP contribution is 2.24. The quantitative estimate of drug-likeness (QED) is 0.754. The molecular formula is C13H23N3O3. The van der Waals surface area contributed by atoms with Crippen LogP contribution in [0.3, 0.4) is 0 Å². The summed E-state index contributed by atoms with van der Waals surface area (Å²) in [6.07, 6.45) is 1.77. The summed E-state index contributed by atoms with van der Waals surface area (Å²) in [5.74, 6) is -0.850. The molecule has 2 aliphatic heterocycles. The Labute approximate surface area is 114 Å². The minimum Gasteiger partial charge on any atom is -0.480 e. The molecule has 2 unspecified atom stereocenters. The van der Waals surface area contributed by atoms with Crippen molar-refractivity contribution in [1.82, 2.24) is 14.7 Å². The molecule has 0 radical (unpaired) electrons. The zero-order chi connectivity index (χ0) is 14.0. The summed E-state index contributed by atoms with van der Waals surface area (Å²) >= 11 is 0. The molecule has 2 rings (SSSR count). The smallest absolute Gasteiger partial charge is 0.326 e. The zero-order valence-electron chi connectivity index (χ0n) is 11.7. The Morgan fingerprint density at radius 1 is 1.11 bits per heavy atom. The molecule has 0 bridgehead atoms. The second-order valence-corrected chi connectivity index (χ2v) is 5.67. The number of aliphatic carboxylic acids is 1. The molecule has 0 aromatic heterocycles. The van der Waals surface area contributed by atoms with Gasteiger partial charge in [0.05, 0.1) is 0 Å². The van der Waals surface area contributed by atoms with Crippen LogP contribution in [0.2, 0.25) is 0 Å². The highest BCUT2D eigenvalue weighted by molar-refractivity contribution is 5.83. The number of carbonyl (C=O) groups is 2. The van der Waals surface area contributed by atoms with Gasteiger partial charge in [-0.2, -0.15) is 0 Å². The van der Waals surface area contributed by atoms with Crippen LogP contribution in [-0.4, -0.2) is 77.6 Å². The third-order valence-corrected chi connectivity index (χ3v) is 4.21. The molecule has 0 saturated carbocycles. The number of nitrogens with zero attached hydrogens (tertiary/aromatic N) is 3. The van der Waals surface area contributed by atoms with Crippen molar-refractivity contribution in [1.29, 1.82) is 0 Å². The first-order valence-corrected chi connectivity index (χ1v) is 6.97. The van der Waals surface area contributed by atoms with Crippen molar-refractivity contribution in [3.05, 3.63) is 0 Å². The molecule has 2 atom stereocenters. The van der Waals surface area contributed by atoms with Crippen molar-refractivity contribution >= 4 is 12.0 Å². The van der Waals surface area contributed by atoms with Crippen LogP contribution < -0.4 is 0 Å². The minimum absolute atomic E-state index is 0.0302. The molecule has 19 heavy (non-hydrogen) atoms. The lowest BCUT2D eigenvalue weighted by atomic mass is 9.91. The van der Waals surface area contributed by atoms with Gasteiger partial charge in [0.25, 0.3) is 0 Å². The van der Waals surface area contributed by atoms with Crippen molar-refractivity contribution in [3.8, 4) is 0 Å². The summed E-state index contributed by atoms with van der Waals surface area (Å²) < 4.78 is 0. The number of carboxylic acids is 1. The van der Waals surface area contributed by atoms with E-state index in [9.17, 15) is 14.7 Å². The minimum atomic E-state index is -0.880. The molecule has 0 aliphatic carbocycles. The van der Waals surface area contributed by atoms with Gasteiger partial charge in [-0.3, -0.25) is 0 Å². The van der Waals surface area contributed by atoms with E-state index in [2.05, 4.69) is 4.90 Å². The standard InChI is InChI=1S/C13H23N3O3/c1-10-4-3-5-16(11(10)12(17)18)13(19)15-8-6-14(2)7-9-15/h10-11H,3-9H2,1-2H3,(H,17,18). The SMILES string of the molecule is CC1CCCN(C(=O)N2CCN(C)CC2)C1C(=O)O. The Balaban J connectivity index is 2.05. The number of piperazine rings is 1. The molecule has 0 aromatic carbocycles.